The van der Waals surface area contributed by atoms with Gasteiger partial charge < -0.3 is 5.32 Å². The highest BCUT2D eigenvalue weighted by Crippen LogP contribution is 2.32. The van der Waals surface area contributed by atoms with E-state index in [9.17, 15) is 4.39 Å². The molecule has 0 bridgehead atoms. The number of thiophene rings is 1. The lowest BCUT2D eigenvalue weighted by atomic mass is 10.2. The molecule has 102 valence electrons. The molecule has 0 atom stereocenters. The Bertz CT molecular complexity index is 681. The van der Waals surface area contributed by atoms with Crippen molar-refractivity contribution in [3.8, 4) is 6.07 Å². The molecule has 1 aliphatic rings. The summed E-state index contributed by atoms with van der Waals surface area (Å²) < 4.78 is 14.3. The third-order valence-corrected chi connectivity index (χ3v) is 5.47. The zero-order valence-electron chi connectivity index (χ0n) is 10.7. The van der Waals surface area contributed by atoms with Crippen LogP contribution >= 0.6 is 27.3 Å². The number of hydrogen-bond acceptors (Lipinski definition) is 3. The van der Waals surface area contributed by atoms with E-state index < -0.39 is 5.82 Å². The first-order chi connectivity index (χ1) is 9.69. The quantitative estimate of drug-likeness (QED) is 0.876. The van der Waals surface area contributed by atoms with Crippen LogP contribution in [0.3, 0.4) is 0 Å². The monoisotopic (exact) mass is 350 g/mol. The van der Waals surface area contributed by atoms with E-state index in [2.05, 4.69) is 27.3 Å². The second-order valence-corrected chi connectivity index (χ2v) is 6.78. The molecule has 1 heterocycles. The van der Waals surface area contributed by atoms with Crippen molar-refractivity contribution in [2.45, 2.75) is 25.8 Å². The van der Waals surface area contributed by atoms with Crippen LogP contribution in [0.5, 0.6) is 0 Å². The van der Waals surface area contributed by atoms with Crippen LogP contribution in [-0.2, 0) is 19.4 Å². The number of halogens is 2. The van der Waals surface area contributed by atoms with Crippen LogP contribution in [-0.4, -0.2) is 0 Å². The summed E-state index contributed by atoms with van der Waals surface area (Å²) in [6.45, 7) is 0.618. The van der Waals surface area contributed by atoms with Crippen molar-refractivity contribution < 1.29 is 4.39 Å². The number of fused-ring (bicyclic) bond motifs is 1. The summed E-state index contributed by atoms with van der Waals surface area (Å²) in [5.74, 6) is -0.409. The van der Waals surface area contributed by atoms with Crippen molar-refractivity contribution in [3.05, 3.63) is 49.4 Å². The fraction of sp³-hybridized carbons (Fsp3) is 0.267. The van der Waals surface area contributed by atoms with Crippen LogP contribution in [0.15, 0.2) is 22.7 Å². The highest BCUT2D eigenvalue weighted by molar-refractivity contribution is 9.10. The minimum absolute atomic E-state index is 0.221. The molecule has 0 fully saturated rings. The molecular weight excluding hydrogens is 339 g/mol. The van der Waals surface area contributed by atoms with Crippen molar-refractivity contribution in [3.63, 3.8) is 0 Å². The van der Waals surface area contributed by atoms with Crippen LogP contribution in [0.2, 0.25) is 0 Å². The molecule has 0 unspecified atom stereocenters. The molecule has 1 aliphatic carbocycles. The number of nitrogens with one attached hydrogen (secondary N) is 1. The van der Waals surface area contributed by atoms with Gasteiger partial charge in [0.25, 0.3) is 0 Å². The average Bonchev–Trinajstić information content (AvgIpc) is 3.01. The first-order valence-corrected chi connectivity index (χ1v) is 8.02. The lowest BCUT2D eigenvalue weighted by Gasteiger charge is -2.08. The standard InChI is InChI=1S/C15H12BrFN2S/c16-14-10(7-18)4-5-12(15(14)17)19-8-11-6-9-2-1-3-13(9)20-11/h4-6,19H,1-3,8H2. The topological polar surface area (TPSA) is 35.8 Å². The summed E-state index contributed by atoms with van der Waals surface area (Å²) in [6, 6.07) is 7.40. The number of hydrogen-bond donors (Lipinski definition) is 1. The van der Waals surface area contributed by atoms with Crippen molar-refractivity contribution in [1.82, 2.24) is 0 Å². The van der Waals surface area contributed by atoms with E-state index in [1.165, 1.54) is 34.6 Å². The summed E-state index contributed by atoms with van der Waals surface area (Å²) >= 11 is 4.93. The summed E-state index contributed by atoms with van der Waals surface area (Å²) in [6.07, 6.45) is 3.60. The molecule has 3 rings (SSSR count). The minimum atomic E-state index is -0.409. The summed E-state index contributed by atoms with van der Waals surface area (Å²) in [5.41, 5.74) is 2.18. The molecule has 0 saturated carbocycles. The van der Waals surface area contributed by atoms with Gasteiger partial charge in [0.1, 0.15) is 6.07 Å². The van der Waals surface area contributed by atoms with E-state index >= 15 is 0 Å². The molecule has 1 N–H and O–H groups in total. The largest absolute Gasteiger partial charge is 0.378 e. The van der Waals surface area contributed by atoms with Gasteiger partial charge in [-0.25, -0.2) is 4.39 Å². The number of anilines is 1. The van der Waals surface area contributed by atoms with Gasteiger partial charge in [0.15, 0.2) is 5.82 Å². The molecule has 5 heteroatoms. The van der Waals surface area contributed by atoms with E-state index in [0.717, 1.165) is 0 Å². The molecule has 0 aliphatic heterocycles. The van der Waals surface area contributed by atoms with E-state index in [1.54, 1.807) is 12.1 Å². The molecule has 0 amide bonds. The van der Waals surface area contributed by atoms with Crippen LogP contribution in [0.25, 0.3) is 0 Å². The fourth-order valence-electron chi connectivity index (χ4n) is 2.43. The highest BCUT2D eigenvalue weighted by Gasteiger charge is 2.15. The normalized spacial score (nSPS) is 13.1. The van der Waals surface area contributed by atoms with Gasteiger partial charge in [0, 0.05) is 16.3 Å². The molecule has 2 aromatic rings. The Hall–Kier alpha value is -1.38. The Morgan fingerprint density at radius 3 is 3.00 bits per heavy atom. The summed E-state index contributed by atoms with van der Waals surface area (Å²) in [5, 5.41) is 11.9. The number of aryl methyl sites for hydroxylation is 2. The average molecular weight is 351 g/mol. The number of rotatable bonds is 3. The first kappa shape index (κ1) is 13.6. The first-order valence-electron chi connectivity index (χ1n) is 6.41. The van der Waals surface area contributed by atoms with Crippen LogP contribution in [0.4, 0.5) is 10.1 Å². The minimum Gasteiger partial charge on any atom is -0.378 e. The smallest absolute Gasteiger partial charge is 0.161 e. The maximum absolute atomic E-state index is 14.1. The van der Waals surface area contributed by atoms with Crippen LogP contribution in [0.1, 0.15) is 27.3 Å². The Labute approximate surface area is 129 Å². The number of nitrogens with zero attached hydrogens (tertiary/aromatic N) is 1. The maximum Gasteiger partial charge on any atom is 0.161 e. The van der Waals surface area contributed by atoms with E-state index in [4.69, 9.17) is 5.26 Å². The van der Waals surface area contributed by atoms with Crippen LogP contribution < -0.4 is 5.32 Å². The van der Waals surface area contributed by atoms with Gasteiger partial charge in [0.2, 0.25) is 0 Å². The second kappa shape index (κ2) is 5.55. The van der Waals surface area contributed by atoms with Gasteiger partial charge in [-0.3, -0.25) is 0 Å². The fourth-order valence-corrected chi connectivity index (χ4v) is 4.07. The van der Waals surface area contributed by atoms with Crippen molar-refractivity contribution in [2.75, 3.05) is 5.32 Å². The van der Waals surface area contributed by atoms with Gasteiger partial charge in [-0.15, -0.1) is 11.3 Å². The summed E-state index contributed by atoms with van der Waals surface area (Å²) in [7, 11) is 0. The Balaban J connectivity index is 1.75. The zero-order valence-corrected chi connectivity index (χ0v) is 13.1. The van der Waals surface area contributed by atoms with Crippen molar-refractivity contribution in [1.29, 1.82) is 5.26 Å². The maximum atomic E-state index is 14.1. The molecule has 0 saturated heterocycles. The van der Waals surface area contributed by atoms with E-state index in [0.29, 0.717) is 17.8 Å². The number of nitriles is 1. The molecule has 20 heavy (non-hydrogen) atoms. The molecule has 2 nitrogen and oxygen atoms in total. The van der Waals surface area contributed by atoms with Gasteiger partial charge in [-0.2, -0.15) is 5.26 Å². The summed E-state index contributed by atoms with van der Waals surface area (Å²) in [4.78, 5) is 2.71. The van der Waals surface area contributed by atoms with E-state index in [-0.39, 0.29) is 4.47 Å². The third-order valence-electron chi connectivity index (χ3n) is 3.45. The lowest BCUT2D eigenvalue weighted by molar-refractivity contribution is 0.623. The number of benzene rings is 1. The highest BCUT2D eigenvalue weighted by atomic mass is 79.9. The second-order valence-electron chi connectivity index (χ2n) is 4.77. The van der Waals surface area contributed by atoms with Crippen molar-refractivity contribution in [2.24, 2.45) is 0 Å². The molecule has 1 aromatic carbocycles. The SMILES string of the molecule is N#Cc1ccc(NCc2cc3c(s2)CCC3)c(F)c1Br. The molecule has 0 spiro atoms. The van der Waals surface area contributed by atoms with Gasteiger partial charge in [-0.1, -0.05) is 0 Å². The Morgan fingerprint density at radius 2 is 2.25 bits per heavy atom. The van der Waals surface area contributed by atoms with E-state index in [1.807, 2.05) is 17.4 Å². The zero-order chi connectivity index (χ0) is 14.1. The van der Waals surface area contributed by atoms with Crippen molar-refractivity contribution >= 4 is 33.0 Å². The van der Waals surface area contributed by atoms with Crippen LogP contribution in [0, 0.1) is 17.1 Å². The predicted molar refractivity (Wildman–Crippen MR) is 82.5 cm³/mol. The predicted octanol–water partition coefficient (Wildman–Crippen LogP) is 4.62. The third kappa shape index (κ3) is 2.46. The Kier molecular flexibility index (Phi) is 3.77. The van der Waals surface area contributed by atoms with Gasteiger partial charge in [0.05, 0.1) is 15.7 Å². The molecule has 1 aromatic heterocycles. The Morgan fingerprint density at radius 1 is 1.40 bits per heavy atom. The molecule has 0 radical (unpaired) electrons. The van der Waals surface area contributed by atoms with Gasteiger partial charge in [-0.05, 0) is 59.0 Å². The molecular formula is C15H12BrFN2S. The lowest BCUT2D eigenvalue weighted by Crippen LogP contribution is -2.01. The van der Waals surface area contributed by atoms with Gasteiger partial charge >= 0.3 is 0 Å².